The topological polar surface area (TPSA) is 75.1 Å². The maximum Gasteiger partial charge on any atom is 0.254 e. The molecule has 0 saturated heterocycles. The van der Waals surface area contributed by atoms with Crippen LogP contribution in [0.2, 0.25) is 0 Å². The lowest BCUT2D eigenvalue weighted by Gasteiger charge is -2.25. The average Bonchev–Trinajstić information content (AvgIpc) is 2.52. The largest absolute Gasteiger partial charge is 0.391 e. The molecular weight excluding hydrogens is 278 g/mol. The van der Waals surface area contributed by atoms with Crippen LogP contribution in [0.4, 0.5) is 0 Å². The number of amides is 1. The fourth-order valence-corrected chi connectivity index (χ4v) is 1.78. The van der Waals surface area contributed by atoms with Gasteiger partial charge in [-0.3, -0.25) is 4.79 Å². The molecule has 0 radical (unpaired) electrons. The van der Waals surface area contributed by atoms with Crippen molar-refractivity contribution in [2.24, 2.45) is 5.41 Å². The van der Waals surface area contributed by atoms with Crippen LogP contribution in [0.5, 0.6) is 0 Å². The first-order valence-electron chi connectivity index (χ1n) is 7.21. The monoisotopic (exact) mass is 299 g/mol. The Bertz CT molecular complexity index is 619. The van der Waals surface area contributed by atoms with Crippen molar-refractivity contribution in [1.29, 1.82) is 0 Å². The van der Waals surface area contributed by atoms with Gasteiger partial charge in [0.25, 0.3) is 5.91 Å². The van der Waals surface area contributed by atoms with Gasteiger partial charge in [0.2, 0.25) is 0 Å². The van der Waals surface area contributed by atoms with Gasteiger partial charge in [-0.25, -0.2) is 9.97 Å². The standard InChI is InChI=1S/C17H21N3O2/c1-17(2,3)14(21)11-20-16(22)13-9-18-15(19-10-13)12-7-5-4-6-8-12/h4-10,14,21H,11H2,1-3H3,(H,20,22). The third-order valence-corrected chi connectivity index (χ3v) is 3.40. The Labute approximate surface area is 130 Å². The summed E-state index contributed by atoms with van der Waals surface area (Å²) in [6.45, 7) is 5.95. The first kappa shape index (κ1) is 16.1. The second-order valence-corrected chi connectivity index (χ2v) is 6.25. The van der Waals surface area contributed by atoms with E-state index in [0.717, 1.165) is 5.56 Å². The summed E-state index contributed by atoms with van der Waals surface area (Å²) in [5.74, 6) is 0.287. The zero-order chi connectivity index (χ0) is 16.2. The predicted octanol–water partition coefficient (Wildman–Crippen LogP) is 2.28. The van der Waals surface area contributed by atoms with Crippen molar-refractivity contribution in [3.8, 4) is 11.4 Å². The van der Waals surface area contributed by atoms with Gasteiger partial charge in [0.1, 0.15) is 0 Å². The summed E-state index contributed by atoms with van der Waals surface area (Å²) in [5.41, 5.74) is 0.999. The van der Waals surface area contributed by atoms with Crippen molar-refractivity contribution in [2.45, 2.75) is 26.9 Å². The lowest BCUT2D eigenvalue weighted by molar-refractivity contribution is 0.0586. The highest BCUT2D eigenvalue weighted by atomic mass is 16.3. The Morgan fingerprint density at radius 3 is 2.32 bits per heavy atom. The number of aliphatic hydroxyl groups is 1. The first-order valence-corrected chi connectivity index (χ1v) is 7.21. The Morgan fingerprint density at radius 1 is 1.18 bits per heavy atom. The van der Waals surface area contributed by atoms with Crippen LogP contribution in [0.1, 0.15) is 31.1 Å². The first-order chi connectivity index (χ1) is 10.4. The molecule has 0 aliphatic carbocycles. The van der Waals surface area contributed by atoms with Gasteiger partial charge in [0.15, 0.2) is 5.82 Å². The summed E-state index contributed by atoms with van der Waals surface area (Å²) in [7, 11) is 0. The third kappa shape index (κ3) is 4.11. The molecule has 1 aromatic carbocycles. The Balaban J connectivity index is 2.00. The SMILES string of the molecule is CC(C)(C)C(O)CNC(=O)c1cnc(-c2ccccc2)nc1. The van der Waals surface area contributed by atoms with Gasteiger partial charge >= 0.3 is 0 Å². The second-order valence-electron chi connectivity index (χ2n) is 6.25. The Hall–Kier alpha value is -2.27. The molecule has 1 unspecified atom stereocenters. The van der Waals surface area contributed by atoms with E-state index in [2.05, 4.69) is 15.3 Å². The molecule has 1 heterocycles. The molecule has 22 heavy (non-hydrogen) atoms. The smallest absolute Gasteiger partial charge is 0.254 e. The molecule has 1 amide bonds. The number of rotatable bonds is 4. The minimum Gasteiger partial charge on any atom is -0.391 e. The van der Waals surface area contributed by atoms with Crippen molar-refractivity contribution in [2.75, 3.05) is 6.54 Å². The zero-order valence-corrected chi connectivity index (χ0v) is 13.1. The lowest BCUT2D eigenvalue weighted by Crippen LogP contribution is -2.39. The Morgan fingerprint density at radius 2 is 1.77 bits per heavy atom. The number of carbonyl (C=O) groups excluding carboxylic acids is 1. The maximum atomic E-state index is 12.0. The molecule has 0 saturated carbocycles. The number of carbonyl (C=O) groups is 1. The minimum atomic E-state index is -0.610. The number of aliphatic hydroxyl groups excluding tert-OH is 1. The maximum absolute atomic E-state index is 12.0. The van der Waals surface area contributed by atoms with Gasteiger partial charge in [0.05, 0.1) is 11.7 Å². The summed E-state index contributed by atoms with van der Waals surface area (Å²) >= 11 is 0. The van der Waals surface area contributed by atoms with Crippen LogP contribution in [-0.4, -0.2) is 33.6 Å². The van der Waals surface area contributed by atoms with Crippen LogP contribution in [0.3, 0.4) is 0 Å². The predicted molar refractivity (Wildman–Crippen MR) is 85.3 cm³/mol. The molecule has 0 fully saturated rings. The van der Waals surface area contributed by atoms with E-state index in [0.29, 0.717) is 11.4 Å². The fourth-order valence-electron chi connectivity index (χ4n) is 1.78. The summed E-state index contributed by atoms with van der Waals surface area (Å²) in [5, 5.41) is 12.6. The van der Waals surface area contributed by atoms with Crippen LogP contribution in [0, 0.1) is 5.41 Å². The zero-order valence-electron chi connectivity index (χ0n) is 13.1. The highest BCUT2D eigenvalue weighted by Gasteiger charge is 2.22. The molecular formula is C17H21N3O2. The second kappa shape index (κ2) is 6.66. The van der Waals surface area contributed by atoms with E-state index in [4.69, 9.17) is 0 Å². The summed E-state index contributed by atoms with van der Waals surface area (Å²) in [4.78, 5) is 20.4. The van der Waals surface area contributed by atoms with Crippen LogP contribution in [0.25, 0.3) is 11.4 Å². The van der Waals surface area contributed by atoms with Crippen molar-refractivity contribution >= 4 is 5.91 Å². The van der Waals surface area contributed by atoms with Crippen LogP contribution >= 0.6 is 0 Å². The van der Waals surface area contributed by atoms with E-state index in [1.165, 1.54) is 12.4 Å². The number of hydrogen-bond acceptors (Lipinski definition) is 4. The number of nitrogens with zero attached hydrogens (tertiary/aromatic N) is 2. The van der Waals surface area contributed by atoms with Gasteiger partial charge in [0, 0.05) is 24.5 Å². The van der Waals surface area contributed by atoms with E-state index in [9.17, 15) is 9.90 Å². The van der Waals surface area contributed by atoms with Crippen molar-refractivity contribution in [3.63, 3.8) is 0 Å². The van der Waals surface area contributed by atoms with Crippen LogP contribution in [0.15, 0.2) is 42.7 Å². The summed E-state index contributed by atoms with van der Waals surface area (Å²) in [6, 6.07) is 9.57. The third-order valence-electron chi connectivity index (χ3n) is 3.40. The quantitative estimate of drug-likeness (QED) is 0.908. The van der Waals surface area contributed by atoms with E-state index < -0.39 is 6.10 Å². The molecule has 116 valence electrons. The fraction of sp³-hybridized carbons (Fsp3) is 0.353. The number of nitrogens with one attached hydrogen (secondary N) is 1. The van der Waals surface area contributed by atoms with Crippen LogP contribution < -0.4 is 5.32 Å². The molecule has 2 N–H and O–H groups in total. The molecule has 2 aromatic rings. The number of benzene rings is 1. The van der Waals surface area contributed by atoms with Gasteiger partial charge in [-0.2, -0.15) is 0 Å². The van der Waals surface area contributed by atoms with E-state index in [1.807, 2.05) is 51.1 Å². The van der Waals surface area contributed by atoms with Gasteiger partial charge in [-0.05, 0) is 5.41 Å². The van der Waals surface area contributed by atoms with E-state index in [1.54, 1.807) is 0 Å². The molecule has 1 aromatic heterocycles. The van der Waals surface area contributed by atoms with E-state index >= 15 is 0 Å². The molecule has 5 nitrogen and oxygen atoms in total. The highest BCUT2D eigenvalue weighted by molar-refractivity contribution is 5.93. The lowest BCUT2D eigenvalue weighted by atomic mass is 9.89. The molecule has 0 bridgehead atoms. The normalized spacial score (nSPS) is 12.7. The van der Waals surface area contributed by atoms with E-state index in [-0.39, 0.29) is 17.9 Å². The van der Waals surface area contributed by atoms with Crippen molar-refractivity contribution in [3.05, 3.63) is 48.3 Å². The molecule has 0 spiro atoms. The average molecular weight is 299 g/mol. The van der Waals surface area contributed by atoms with Gasteiger partial charge in [-0.1, -0.05) is 51.1 Å². The number of aromatic nitrogens is 2. The summed E-state index contributed by atoms with van der Waals surface area (Å²) in [6.07, 6.45) is 2.38. The molecule has 1 atom stereocenters. The number of hydrogen-bond donors (Lipinski definition) is 2. The van der Waals surface area contributed by atoms with Gasteiger partial charge < -0.3 is 10.4 Å². The Kier molecular flexibility index (Phi) is 4.88. The van der Waals surface area contributed by atoms with Crippen molar-refractivity contribution in [1.82, 2.24) is 15.3 Å². The van der Waals surface area contributed by atoms with Crippen LogP contribution in [-0.2, 0) is 0 Å². The molecule has 0 aliphatic rings. The molecule has 5 heteroatoms. The summed E-state index contributed by atoms with van der Waals surface area (Å²) < 4.78 is 0. The minimum absolute atomic E-state index is 0.197. The van der Waals surface area contributed by atoms with Gasteiger partial charge in [-0.15, -0.1) is 0 Å². The molecule has 0 aliphatic heterocycles. The highest BCUT2D eigenvalue weighted by Crippen LogP contribution is 2.18. The van der Waals surface area contributed by atoms with Crippen molar-refractivity contribution < 1.29 is 9.90 Å². The molecule has 2 rings (SSSR count).